The van der Waals surface area contributed by atoms with Gasteiger partial charge in [-0.05, 0) is 25.3 Å². The second-order valence-corrected chi connectivity index (χ2v) is 3.09. The van der Waals surface area contributed by atoms with Gasteiger partial charge < -0.3 is 10.1 Å². The van der Waals surface area contributed by atoms with Gasteiger partial charge in [0, 0.05) is 0 Å². The van der Waals surface area contributed by atoms with Gasteiger partial charge >= 0.3 is 0 Å². The van der Waals surface area contributed by atoms with E-state index in [0.717, 1.165) is 19.1 Å². The monoisotopic (exact) mass is 127 g/mol. The zero-order valence-corrected chi connectivity index (χ0v) is 5.60. The maximum absolute atomic E-state index is 5.03. The van der Waals surface area contributed by atoms with Crippen LogP contribution < -0.4 is 5.32 Å². The Morgan fingerprint density at radius 3 is 2.56 bits per heavy atom. The molecule has 2 rings (SSSR count). The maximum atomic E-state index is 5.03. The van der Waals surface area contributed by atoms with E-state index in [-0.39, 0.29) is 0 Å². The summed E-state index contributed by atoms with van der Waals surface area (Å²) in [6, 6.07) is 0.686. The molecule has 1 saturated carbocycles. The van der Waals surface area contributed by atoms with Gasteiger partial charge in [0.05, 0.1) is 19.3 Å². The van der Waals surface area contributed by atoms with Crippen molar-refractivity contribution in [3.63, 3.8) is 0 Å². The average Bonchev–Trinajstić information content (AvgIpc) is 2.44. The van der Waals surface area contributed by atoms with Gasteiger partial charge in [-0.25, -0.2) is 0 Å². The van der Waals surface area contributed by atoms with Crippen LogP contribution in [0.15, 0.2) is 0 Å². The van der Waals surface area contributed by atoms with Crippen molar-refractivity contribution < 1.29 is 4.74 Å². The fraction of sp³-hybridized carbons (Fsp3) is 1.00. The quantitative estimate of drug-likeness (QED) is 0.592. The van der Waals surface area contributed by atoms with Crippen LogP contribution in [0, 0.1) is 5.92 Å². The highest BCUT2D eigenvalue weighted by Gasteiger charge is 2.24. The van der Waals surface area contributed by atoms with Crippen molar-refractivity contribution in [3.05, 3.63) is 0 Å². The molecule has 0 aromatic heterocycles. The predicted octanol–water partition coefficient (Wildman–Crippen LogP) is 0.385. The first-order chi connectivity index (χ1) is 4.45. The minimum Gasteiger partial charge on any atom is -0.378 e. The smallest absolute Gasteiger partial charge is 0.0643 e. The molecule has 9 heavy (non-hydrogen) atoms. The third-order valence-electron chi connectivity index (χ3n) is 2.03. The predicted molar refractivity (Wildman–Crippen MR) is 35.3 cm³/mol. The minimum absolute atomic E-state index is 0.686. The van der Waals surface area contributed by atoms with Crippen molar-refractivity contribution in [1.29, 1.82) is 0 Å². The van der Waals surface area contributed by atoms with E-state index in [1.807, 2.05) is 0 Å². The molecule has 0 radical (unpaired) electrons. The summed E-state index contributed by atoms with van der Waals surface area (Å²) in [7, 11) is 0. The third kappa shape index (κ3) is 1.43. The SMILES string of the molecule is C1CC1CNC1COC1. The molecular formula is C7H13NO. The number of nitrogens with one attached hydrogen (secondary N) is 1. The number of hydrogen-bond donors (Lipinski definition) is 1. The Morgan fingerprint density at radius 2 is 2.11 bits per heavy atom. The third-order valence-corrected chi connectivity index (χ3v) is 2.03. The summed E-state index contributed by atoms with van der Waals surface area (Å²) in [4.78, 5) is 0. The zero-order valence-electron chi connectivity index (χ0n) is 5.60. The molecule has 2 fully saturated rings. The van der Waals surface area contributed by atoms with Crippen molar-refractivity contribution in [2.75, 3.05) is 19.8 Å². The van der Waals surface area contributed by atoms with Crippen LogP contribution in [0.2, 0.25) is 0 Å². The van der Waals surface area contributed by atoms with Crippen LogP contribution in [0.3, 0.4) is 0 Å². The molecule has 0 atom stereocenters. The topological polar surface area (TPSA) is 21.3 Å². The zero-order chi connectivity index (χ0) is 6.10. The van der Waals surface area contributed by atoms with E-state index in [4.69, 9.17) is 4.74 Å². The Labute approximate surface area is 55.6 Å². The lowest BCUT2D eigenvalue weighted by atomic mass is 10.2. The molecule has 1 N–H and O–H groups in total. The van der Waals surface area contributed by atoms with Crippen molar-refractivity contribution in [1.82, 2.24) is 5.32 Å². The van der Waals surface area contributed by atoms with E-state index >= 15 is 0 Å². The molecule has 0 bridgehead atoms. The van der Waals surface area contributed by atoms with E-state index in [2.05, 4.69) is 5.32 Å². The van der Waals surface area contributed by atoms with Crippen LogP contribution in [0.5, 0.6) is 0 Å². The average molecular weight is 127 g/mol. The lowest BCUT2D eigenvalue weighted by Crippen LogP contribution is -2.46. The molecule has 0 aromatic rings. The van der Waals surface area contributed by atoms with Gasteiger partial charge in [-0.15, -0.1) is 0 Å². The fourth-order valence-corrected chi connectivity index (χ4v) is 1.01. The molecule has 1 heterocycles. The van der Waals surface area contributed by atoms with Crippen LogP contribution in [0.25, 0.3) is 0 Å². The second-order valence-electron chi connectivity index (χ2n) is 3.09. The first-order valence-corrected chi connectivity index (χ1v) is 3.76. The number of ether oxygens (including phenoxy) is 1. The molecule has 1 aliphatic carbocycles. The summed E-state index contributed by atoms with van der Waals surface area (Å²) in [6.45, 7) is 3.10. The van der Waals surface area contributed by atoms with Crippen molar-refractivity contribution in [3.8, 4) is 0 Å². The number of hydrogen-bond acceptors (Lipinski definition) is 2. The Kier molecular flexibility index (Phi) is 1.44. The molecule has 0 unspecified atom stereocenters. The minimum atomic E-state index is 0.686. The molecule has 0 aromatic carbocycles. The summed E-state index contributed by atoms with van der Waals surface area (Å²) >= 11 is 0. The fourth-order valence-electron chi connectivity index (χ4n) is 1.01. The standard InChI is InChI=1S/C7H13NO/c1-2-6(1)3-8-7-4-9-5-7/h6-8H,1-5H2. The first-order valence-electron chi connectivity index (χ1n) is 3.76. The summed E-state index contributed by atoms with van der Waals surface area (Å²) in [5.41, 5.74) is 0. The molecule has 52 valence electrons. The Balaban J connectivity index is 1.55. The van der Waals surface area contributed by atoms with E-state index < -0.39 is 0 Å². The molecule has 2 aliphatic rings. The van der Waals surface area contributed by atoms with Gasteiger partial charge in [-0.1, -0.05) is 0 Å². The molecule has 2 nitrogen and oxygen atoms in total. The van der Waals surface area contributed by atoms with Crippen molar-refractivity contribution in [2.24, 2.45) is 5.92 Å². The van der Waals surface area contributed by atoms with Gasteiger partial charge in [-0.3, -0.25) is 0 Å². The highest BCUT2D eigenvalue weighted by atomic mass is 16.5. The lowest BCUT2D eigenvalue weighted by molar-refractivity contribution is -0.00529. The normalized spacial score (nSPS) is 28.0. The Hall–Kier alpha value is -0.0800. The maximum Gasteiger partial charge on any atom is 0.0643 e. The van der Waals surface area contributed by atoms with Gasteiger partial charge in [0.15, 0.2) is 0 Å². The van der Waals surface area contributed by atoms with E-state index in [0.29, 0.717) is 6.04 Å². The van der Waals surface area contributed by atoms with Crippen LogP contribution in [0.1, 0.15) is 12.8 Å². The summed E-state index contributed by atoms with van der Waals surface area (Å²) in [6.07, 6.45) is 2.89. The first kappa shape index (κ1) is 5.69. The lowest BCUT2D eigenvalue weighted by Gasteiger charge is -2.26. The molecule has 1 saturated heterocycles. The highest BCUT2D eigenvalue weighted by Crippen LogP contribution is 2.27. The Bertz CT molecular complexity index is 97.1. The van der Waals surface area contributed by atoms with Crippen LogP contribution in [-0.2, 0) is 4.74 Å². The van der Waals surface area contributed by atoms with Crippen molar-refractivity contribution in [2.45, 2.75) is 18.9 Å². The highest BCUT2D eigenvalue weighted by molar-refractivity contribution is 4.80. The molecular weight excluding hydrogens is 114 g/mol. The van der Waals surface area contributed by atoms with Gasteiger partial charge in [-0.2, -0.15) is 0 Å². The largest absolute Gasteiger partial charge is 0.378 e. The van der Waals surface area contributed by atoms with Gasteiger partial charge in [0.2, 0.25) is 0 Å². The van der Waals surface area contributed by atoms with Crippen LogP contribution >= 0.6 is 0 Å². The van der Waals surface area contributed by atoms with Gasteiger partial charge in [0.25, 0.3) is 0 Å². The summed E-state index contributed by atoms with van der Waals surface area (Å²) in [5.74, 6) is 1.01. The number of rotatable bonds is 3. The summed E-state index contributed by atoms with van der Waals surface area (Å²) in [5, 5.41) is 3.46. The molecule has 0 amide bonds. The van der Waals surface area contributed by atoms with E-state index in [1.54, 1.807) is 0 Å². The summed E-state index contributed by atoms with van der Waals surface area (Å²) < 4.78 is 5.03. The van der Waals surface area contributed by atoms with E-state index in [9.17, 15) is 0 Å². The molecule has 2 heteroatoms. The van der Waals surface area contributed by atoms with Crippen LogP contribution in [0.4, 0.5) is 0 Å². The Morgan fingerprint density at radius 1 is 1.33 bits per heavy atom. The molecule has 0 spiro atoms. The molecule has 1 aliphatic heterocycles. The van der Waals surface area contributed by atoms with Gasteiger partial charge in [0.1, 0.15) is 0 Å². The second kappa shape index (κ2) is 2.27. The van der Waals surface area contributed by atoms with Crippen LogP contribution in [-0.4, -0.2) is 25.8 Å². The van der Waals surface area contributed by atoms with E-state index in [1.165, 1.54) is 19.4 Å². The van der Waals surface area contributed by atoms with Crippen molar-refractivity contribution >= 4 is 0 Å².